The molecule has 0 unspecified atom stereocenters. The van der Waals surface area contributed by atoms with Crippen molar-refractivity contribution in [3.8, 4) is 0 Å². The van der Waals surface area contributed by atoms with Crippen molar-refractivity contribution >= 4 is 45.0 Å². The molecule has 1 N–H and O–H groups in total. The van der Waals surface area contributed by atoms with Gasteiger partial charge in [0.25, 0.3) is 0 Å². The molecular formula is C18H21ClN4O4S2. The van der Waals surface area contributed by atoms with Gasteiger partial charge < -0.3 is 10.1 Å². The number of carbonyl (C=O) groups excluding carboxylic acids is 1. The first kappa shape index (κ1) is 22.0. The number of nitrogens with one attached hydrogen (secondary N) is 1. The normalized spacial score (nSPS) is 15.3. The molecule has 3 rings (SSSR count). The van der Waals surface area contributed by atoms with E-state index in [4.69, 9.17) is 16.3 Å². The van der Waals surface area contributed by atoms with Gasteiger partial charge in [-0.2, -0.15) is 4.31 Å². The number of thioether (sulfide) groups is 1. The molecule has 1 aliphatic rings. The van der Waals surface area contributed by atoms with E-state index in [2.05, 4.69) is 15.3 Å². The van der Waals surface area contributed by atoms with Crippen molar-refractivity contribution in [1.82, 2.24) is 14.3 Å². The van der Waals surface area contributed by atoms with Crippen LogP contribution in [0.15, 0.2) is 34.3 Å². The molecule has 156 valence electrons. The van der Waals surface area contributed by atoms with Gasteiger partial charge in [-0.15, -0.1) is 0 Å². The van der Waals surface area contributed by atoms with Gasteiger partial charge in [0.2, 0.25) is 15.9 Å². The third-order valence-electron chi connectivity index (χ3n) is 4.10. The molecule has 0 bridgehead atoms. The number of rotatable bonds is 6. The summed E-state index contributed by atoms with van der Waals surface area (Å²) < 4.78 is 32.3. The number of carbonyl (C=O) groups is 1. The van der Waals surface area contributed by atoms with Gasteiger partial charge in [0, 0.05) is 30.2 Å². The van der Waals surface area contributed by atoms with E-state index in [1.807, 2.05) is 19.9 Å². The number of hydrogen-bond acceptors (Lipinski definition) is 7. The monoisotopic (exact) mass is 456 g/mol. The highest BCUT2D eigenvalue weighted by molar-refractivity contribution is 7.99. The van der Waals surface area contributed by atoms with Crippen LogP contribution in [-0.4, -0.2) is 60.7 Å². The fourth-order valence-corrected chi connectivity index (χ4v) is 5.45. The highest BCUT2D eigenvalue weighted by Gasteiger charge is 2.28. The molecule has 1 fully saturated rings. The van der Waals surface area contributed by atoms with Crippen LogP contribution in [-0.2, 0) is 19.6 Å². The van der Waals surface area contributed by atoms with Gasteiger partial charge in [0.1, 0.15) is 4.90 Å². The van der Waals surface area contributed by atoms with Gasteiger partial charge in [-0.25, -0.2) is 18.4 Å². The number of ether oxygens (including phenoxy) is 1. The Morgan fingerprint density at radius 3 is 2.52 bits per heavy atom. The minimum Gasteiger partial charge on any atom is -0.379 e. The van der Waals surface area contributed by atoms with Gasteiger partial charge in [-0.05, 0) is 38.1 Å². The summed E-state index contributed by atoms with van der Waals surface area (Å²) in [5.74, 6) is -0.202. The number of aromatic nitrogens is 2. The number of halogens is 1. The van der Waals surface area contributed by atoms with Crippen molar-refractivity contribution in [3.05, 3.63) is 40.7 Å². The molecule has 1 aromatic carbocycles. The summed E-state index contributed by atoms with van der Waals surface area (Å²) in [6.45, 7) is 4.94. The number of nitrogens with zero attached hydrogens (tertiary/aromatic N) is 3. The highest BCUT2D eigenvalue weighted by Crippen LogP contribution is 2.28. The summed E-state index contributed by atoms with van der Waals surface area (Å²) in [4.78, 5) is 20.8. The molecule has 1 aliphatic heterocycles. The zero-order chi connectivity index (χ0) is 21.0. The maximum atomic E-state index is 12.9. The van der Waals surface area contributed by atoms with Crippen LogP contribution in [0, 0.1) is 13.8 Å². The SMILES string of the molecule is Cc1cc(C)nc(SCC(=O)Nc2ccc(Cl)c(S(=O)(=O)N3CCOCC3)c2)n1. The Balaban J connectivity index is 1.69. The quantitative estimate of drug-likeness (QED) is 0.526. The van der Waals surface area contributed by atoms with E-state index in [0.717, 1.165) is 11.4 Å². The Hall–Kier alpha value is -1.72. The van der Waals surface area contributed by atoms with Gasteiger partial charge >= 0.3 is 0 Å². The van der Waals surface area contributed by atoms with Crippen molar-refractivity contribution in [3.63, 3.8) is 0 Å². The summed E-state index contributed by atoms with van der Waals surface area (Å²) in [5.41, 5.74) is 2.01. The van der Waals surface area contributed by atoms with E-state index in [1.165, 1.54) is 28.2 Å². The maximum Gasteiger partial charge on any atom is 0.244 e. The molecule has 1 amide bonds. The van der Waals surface area contributed by atoms with E-state index in [1.54, 1.807) is 6.07 Å². The van der Waals surface area contributed by atoms with Gasteiger partial charge in [-0.1, -0.05) is 23.4 Å². The molecule has 29 heavy (non-hydrogen) atoms. The summed E-state index contributed by atoms with van der Waals surface area (Å²) in [7, 11) is -3.77. The standard InChI is InChI=1S/C18H21ClN4O4S2/c1-12-9-13(2)21-18(20-12)28-11-17(24)22-14-3-4-15(19)16(10-14)29(25,26)23-5-7-27-8-6-23/h3-4,9-10H,5-8,11H2,1-2H3,(H,22,24). The average molecular weight is 457 g/mol. The first-order valence-electron chi connectivity index (χ1n) is 8.88. The van der Waals surface area contributed by atoms with Crippen LogP contribution in [0.5, 0.6) is 0 Å². The first-order valence-corrected chi connectivity index (χ1v) is 11.7. The van der Waals surface area contributed by atoms with Crippen molar-refractivity contribution in [2.24, 2.45) is 0 Å². The molecule has 2 heterocycles. The zero-order valence-corrected chi connectivity index (χ0v) is 18.4. The van der Waals surface area contributed by atoms with E-state index < -0.39 is 10.0 Å². The van der Waals surface area contributed by atoms with E-state index in [0.29, 0.717) is 24.1 Å². The molecule has 1 saturated heterocycles. The number of sulfonamides is 1. The summed E-state index contributed by atoms with van der Waals surface area (Å²) in [5, 5.41) is 3.32. The lowest BCUT2D eigenvalue weighted by molar-refractivity contribution is -0.113. The Morgan fingerprint density at radius 2 is 1.86 bits per heavy atom. The van der Waals surface area contributed by atoms with E-state index >= 15 is 0 Å². The van der Waals surface area contributed by atoms with E-state index in [9.17, 15) is 13.2 Å². The van der Waals surface area contributed by atoms with Crippen molar-refractivity contribution in [1.29, 1.82) is 0 Å². The van der Waals surface area contributed by atoms with Gasteiger partial charge in [-0.3, -0.25) is 4.79 Å². The largest absolute Gasteiger partial charge is 0.379 e. The number of amides is 1. The Morgan fingerprint density at radius 1 is 1.21 bits per heavy atom. The van der Waals surface area contributed by atoms with Gasteiger partial charge in [0.05, 0.1) is 24.0 Å². The summed E-state index contributed by atoms with van der Waals surface area (Å²) in [6.07, 6.45) is 0. The molecule has 0 saturated carbocycles. The minimum absolute atomic E-state index is 0.0378. The molecular weight excluding hydrogens is 436 g/mol. The molecule has 2 aromatic rings. The van der Waals surface area contributed by atoms with Crippen LogP contribution in [0.2, 0.25) is 5.02 Å². The number of aryl methyl sites for hydroxylation is 2. The second kappa shape index (κ2) is 9.40. The molecule has 0 spiro atoms. The Labute approximate surface area is 179 Å². The number of hydrogen-bond donors (Lipinski definition) is 1. The maximum absolute atomic E-state index is 12.9. The lowest BCUT2D eigenvalue weighted by Gasteiger charge is -2.26. The van der Waals surface area contributed by atoms with Crippen LogP contribution in [0.4, 0.5) is 5.69 Å². The molecule has 0 atom stereocenters. The van der Waals surface area contributed by atoms with Crippen LogP contribution >= 0.6 is 23.4 Å². The molecule has 0 aliphatic carbocycles. The van der Waals surface area contributed by atoms with Gasteiger partial charge in [0.15, 0.2) is 5.16 Å². The second-order valence-corrected chi connectivity index (χ2v) is 9.69. The number of morpholine rings is 1. The lowest BCUT2D eigenvalue weighted by Crippen LogP contribution is -2.40. The van der Waals surface area contributed by atoms with Crippen LogP contribution < -0.4 is 5.32 Å². The predicted molar refractivity (Wildman–Crippen MR) is 112 cm³/mol. The van der Waals surface area contributed by atoms with Crippen molar-refractivity contribution in [2.75, 3.05) is 37.4 Å². The van der Waals surface area contributed by atoms with Crippen LogP contribution in [0.1, 0.15) is 11.4 Å². The molecule has 1 aromatic heterocycles. The summed E-state index contributed by atoms with van der Waals surface area (Å²) in [6, 6.07) is 6.26. The summed E-state index contributed by atoms with van der Waals surface area (Å²) >= 11 is 7.35. The molecule has 11 heteroatoms. The number of anilines is 1. The minimum atomic E-state index is -3.77. The smallest absolute Gasteiger partial charge is 0.244 e. The first-order chi connectivity index (χ1) is 13.8. The van der Waals surface area contributed by atoms with Crippen LogP contribution in [0.25, 0.3) is 0 Å². The second-order valence-electron chi connectivity index (χ2n) is 6.43. The molecule has 0 radical (unpaired) electrons. The third kappa shape index (κ3) is 5.67. The number of benzene rings is 1. The fourth-order valence-electron chi connectivity index (χ4n) is 2.79. The zero-order valence-electron chi connectivity index (χ0n) is 16.0. The fraction of sp³-hybridized carbons (Fsp3) is 0.389. The topological polar surface area (TPSA) is 101 Å². The predicted octanol–water partition coefficient (Wildman–Crippen LogP) is 2.50. The lowest BCUT2D eigenvalue weighted by atomic mass is 10.3. The van der Waals surface area contributed by atoms with Crippen molar-refractivity contribution < 1.29 is 17.9 Å². The van der Waals surface area contributed by atoms with E-state index in [-0.39, 0.29) is 34.7 Å². The van der Waals surface area contributed by atoms with Crippen molar-refractivity contribution in [2.45, 2.75) is 23.9 Å². The average Bonchev–Trinajstić information content (AvgIpc) is 2.68. The Bertz CT molecular complexity index is 991. The highest BCUT2D eigenvalue weighted by atomic mass is 35.5. The molecule has 8 nitrogen and oxygen atoms in total. The van der Waals surface area contributed by atoms with Crippen LogP contribution in [0.3, 0.4) is 0 Å². The Kier molecular flexibility index (Phi) is 7.12. The third-order valence-corrected chi connectivity index (χ3v) is 7.32.